The van der Waals surface area contributed by atoms with Gasteiger partial charge >= 0.3 is 0 Å². The lowest BCUT2D eigenvalue weighted by Gasteiger charge is -2.28. The maximum Gasteiger partial charge on any atom is 0.199 e. The smallest absolute Gasteiger partial charge is 0.199 e. The molecule has 5 rings (SSSR count). The third-order valence-electron chi connectivity index (χ3n) is 4.88. The summed E-state index contributed by atoms with van der Waals surface area (Å²) in [5, 5.41) is 7.74. The van der Waals surface area contributed by atoms with Crippen molar-refractivity contribution >= 4 is 22.8 Å². The van der Waals surface area contributed by atoms with Gasteiger partial charge in [0.05, 0.1) is 25.1 Å². The van der Waals surface area contributed by atoms with Gasteiger partial charge in [-0.25, -0.2) is 14.5 Å². The van der Waals surface area contributed by atoms with E-state index in [1.165, 1.54) is 5.69 Å². The van der Waals surface area contributed by atoms with Crippen molar-refractivity contribution in [2.75, 3.05) is 36.5 Å². The normalized spacial score (nSPS) is 14.4. The second-order valence-corrected chi connectivity index (χ2v) is 6.62. The molecular formula is C21H20N6O. The van der Waals surface area contributed by atoms with Gasteiger partial charge in [-0.15, -0.1) is 0 Å². The summed E-state index contributed by atoms with van der Waals surface area (Å²) in [4.78, 5) is 11.3. The van der Waals surface area contributed by atoms with Gasteiger partial charge in [-0.05, 0) is 24.3 Å². The average Bonchev–Trinajstić information content (AvgIpc) is 3.26. The first-order chi connectivity index (χ1) is 13.9. The zero-order chi connectivity index (χ0) is 18.8. The van der Waals surface area contributed by atoms with Gasteiger partial charge in [0, 0.05) is 30.0 Å². The van der Waals surface area contributed by atoms with E-state index in [0.29, 0.717) is 11.5 Å². The standard InChI is InChI=1S/C21H20N6O/c1-2-4-16(5-3-1)19-14-22-20(21-23-15-24-27(19)21)25-17-6-8-18(9-7-17)26-10-12-28-13-11-26/h1-9,14-15H,10-13H2,(H,22,25). The molecule has 7 nitrogen and oxygen atoms in total. The Labute approximate surface area is 162 Å². The molecule has 0 radical (unpaired) electrons. The summed E-state index contributed by atoms with van der Waals surface area (Å²) in [5.74, 6) is 0.677. The molecule has 7 heteroatoms. The lowest BCUT2D eigenvalue weighted by atomic mass is 10.2. The maximum absolute atomic E-state index is 5.42. The molecule has 140 valence electrons. The van der Waals surface area contributed by atoms with E-state index in [-0.39, 0.29) is 0 Å². The van der Waals surface area contributed by atoms with Crippen LogP contribution < -0.4 is 10.2 Å². The van der Waals surface area contributed by atoms with Gasteiger partial charge in [0.1, 0.15) is 6.33 Å². The van der Waals surface area contributed by atoms with Crippen LogP contribution >= 0.6 is 0 Å². The molecule has 0 amide bonds. The Morgan fingerprint density at radius 2 is 1.68 bits per heavy atom. The zero-order valence-electron chi connectivity index (χ0n) is 15.3. The van der Waals surface area contributed by atoms with Crippen molar-refractivity contribution in [3.8, 4) is 11.3 Å². The number of ether oxygens (including phenoxy) is 1. The van der Waals surface area contributed by atoms with Crippen molar-refractivity contribution in [1.82, 2.24) is 19.6 Å². The van der Waals surface area contributed by atoms with E-state index in [1.54, 1.807) is 6.33 Å². The number of benzene rings is 2. The number of hydrogen-bond donors (Lipinski definition) is 1. The van der Waals surface area contributed by atoms with Crippen LogP contribution in [0, 0.1) is 0 Å². The molecule has 0 unspecified atom stereocenters. The fourth-order valence-corrected chi connectivity index (χ4v) is 3.43. The summed E-state index contributed by atoms with van der Waals surface area (Å²) in [6.45, 7) is 3.41. The van der Waals surface area contributed by atoms with Gasteiger partial charge in [-0.2, -0.15) is 5.10 Å². The minimum atomic E-state index is 0.677. The van der Waals surface area contributed by atoms with Crippen LogP contribution in [0.25, 0.3) is 16.9 Å². The Balaban J connectivity index is 1.42. The molecule has 2 aromatic heterocycles. The lowest BCUT2D eigenvalue weighted by molar-refractivity contribution is 0.122. The van der Waals surface area contributed by atoms with Crippen LogP contribution in [0.4, 0.5) is 17.2 Å². The molecule has 0 saturated carbocycles. The summed E-state index contributed by atoms with van der Waals surface area (Å²) in [6, 6.07) is 18.4. The van der Waals surface area contributed by atoms with Gasteiger partial charge in [0.15, 0.2) is 11.5 Å². The monoisotopic (exact) mass is 372 g/mol. The molecule has 1 fully saturated rings. The topological polar surface area (TPSA) is 67.6 Å². The van der Waals surface area contributed by atoms with Crippen LogP contribution in [0.15, 0.2) is 67.1 Å². The Bertz CT molecular complexity index is 1070. The Hall–Kier alpha value is -3.45. The van der Waals surface area contributed by atoms with Crippen LogP contribution in [-0.2, 0) is 4.74 Å². The minimum Gasteiger partial charge on any atom is -0.378 e. The molecule has 0 bridgehead atoms. The molecule has 28 heavy (non-hydrogen) atoms. The van der Waals surface area contributed by atoms with Gasteiger partial charge in [-0.3, -0.25) is 0 Å². The highest BCUT2D eigenvalue weighted by atomic mass is 16.5. The molecule has 2 aromatic carbocycles. The predicted octanol–water partition coefficient (Wildman–Crippen LogP) is 3.37. The molecule has 3 heterocycles. The number of anilines is 3. The van der Waals surface area contributed by atoms with E-state index in [4.69, 9.17) is 4.74 Å². The first kappa shape index (κ1) is 16.7. The minimum absolute atomic E-state index is 0.677. The molecule has 1 saturated heterocycles. The first-order valence-corrected chi connectivity index (χ1v) is 9.32. The maximum atomic E-state index is 5.42. The van der Waals surface area contributed by atoms with Crippen LogP contribution in [0.1, 0.15) is 0 Å². The number of nitrogens with zero attached hydrogens (tertiary/aromatic N) is 5. The number of hydrogen-bond acceptors (Lipinski definition) is 6. The van der Waals surface area contributed by atoms with Crippen LogP contribution in [0.2, 0.25) is 0 Å². The van der Waals surface area contributed by atoms with Crippen molar-refractivity contribution in [1.29, 1.82) is 0 Å². The summed E-state index contributed by atoms with van der Waals surface area (Å²) >= 11 is 0. The average molecular weight is 372 g/mol. The zero-order valence-corrected chi connectivity index (χ0v) is 15.3. The van der Waals surface area contributed by atoms with E-state index in [2.05, 4.69) is 49.5 Å². The molecule has 4 aromatic rings. The van der Waals surface area contributed by atoms with Crippen LogP contribution in [0.5, 0.6) is 0 Å². The van der Waals surface area contributed by atoms with Crippen molar-refractivity contribution in [3.63, 3.8) is 0 Å². The van der Waals surface area contributed by atoms with E-state index in [0.717, 1.165) is 43.2 Å². The predicted molar refractivity (Wildman–Crippen MR) is 109 cm³/mol. The molecule has 0 spiro atoms. The van der Waals surface area contributed by atoms with Crippen LogP contribution in [-0.4, -0.2) is 45.9 Å². The molecule has 1 aliphatic rings. The largest absolute Gasteiger partial charge is 0.378 e. The molecule has 0 aliphatic carbocycles. The highest BCUT2D eigenvalue weighted by Crippen LogP contribution is 2.25. The summed E-state index contributed by atoms with van der Waals surface area (Å²) in [7, 11) is 0. The molecule has 1 aliphatic heterocycles. The second kappa shape index (κ2) is 7.28. The summed E-state index contributed by atoms with van der Waals surface area (Å²) in [5.41, 5.74) is 4.81. The van der Waals surface area contributed by atoms with Crippen LogP contribution in [0.3, 0.4) is 0 Å². The van der Waals surface area contributed by atoms with Crippen molar-refractivity contribution in [3.05, 3.63) is 67.1 Å². The molecular weight excluding hydrogens is 352 g/mol. The molecule has 1 N–H and O–H groups in total. The Morgan fingerprint density at radius 1 is 0.893 bits per heavy atom. The van der Waals surface area contributed by atoms with Gasteiger partial charge in [0.2, 0.25) is 0 Å². The molecule has 0 atom stereocenters. The SMILES string of the molecule is c1ccc(-c2cnc(Nc3ccc(N4CCOCC4)cc3)c3ncnn23)cc1. The third-order valence-corrected chi connectivity index (χ3v) is 4.88. The van der Waals surface area contributed by atoms with E-state index >= 15 is 0 Å². The quantitative estimate of drug-likeness (QED) is 0.592. The van der Waals surface area contributed by atoms with Gasteiger partial charge in [-0.1, -0.05) is 30.3 Å². The van der Waals surface area contributed by atoms with Crippen molar-refractivity contribution in [2.24, 2.45) is 0 Å². The van der Waals surface area contributed by atoms with E-state index in [1.807, 2.05) is 41.0 Å². The number of fused-ring (bicyclic) bond motifs is 1. The Kier molecular flexibility index (Phi) is 4.34. The second-order valence-electron chi connectivity index (χ2n) is 6.62. The highest BCUT2D eigenvalue weighted by molar-refractivity contribution is 5.74. The van der Waals surface area contributed by atoms with Crippen molar-refractivity contribution in [2.45, 2.75) is 0 Å². The van der Waals surface area contributed by atoms with E-state index in [9.17, 15) is 0 Å². The fraction of sp³-hybridized carbons (Fsp3) is 0.190. The van der Waals surface area contributed by atoms with E-state index < -0.39 is 0 Å². The number of nitrogens with one attached hydrogen (secondary N) is 1. The summed E-state index contributed by atoms with van der Waals surface area (Å²) < 4.78 is 7.23. The first-order valence-electron chi connectivity index (χ1n) is 9.32. The highest BCUT2D eigenvalue weighted by Gasteiger charge is 2.13. The number of aromatic nitrogens is 4. The van der Waals surface area contributed by atoms with Gasteiger partial charge in [0.25, 0.3) is 0 Å². The Morgan fingerprint density at radius 3 is 2.46 bits per heavy atom. The van der Waals surface area contributed by atoms with Gasteiger partial charge < -0.3 is 15.0 Å². The summed E-state index contributed by atoms with van der Waals surface area (Å²) in [6.07, 6.45) is 3.37. The number of rotatable bonds is 4. The van der Waals surface area contributed by atoms with Crippen molar-refractivity contribution < 1.29 is 4.74 Å². The fourth-order valence-electron chi connectivity index (χ4n) is 3.43. The lowest BCUT2D eigenvalue weighted by Crippen LogP contribution is -2.36. The number of morpholine rings is 1. The third kappa shape index (κ3) is 3.16.